The first-order valence-electron chi connectivity index (χ1n) is 26.8. The zero-order chi connectivity index (χ0) is 52.1. The third-order valence-corrected chi connectivity index (χ3v) is 27.3. The van der Waals surface area contributed by atoms with Gasteiger partial charge in [-0.2, -0.15) is 0 Å². The van der Waals surface area contributed by atoms with E-state index in [1.807, 2.05) is 0 Å². The average Bonchev–Trinajstić information content (AvgIpc) is 3.45. The topological polar surface area (TPSA) is 13.0 Å². The van der Waals surface area contributed by atoms with Crippen molar-refractivity contribution in [3.8, 4) is 22.3 Å². The van der Waals surface area contributed by atoms with Gasteiger partial charge in [0.25, 0.3) is 0 Å². The van der Waals surface area contributed by atoms with E-state index >= 15 is 0 Å². The molecule has 0 amide bonds. The number of rotatable bonds is 14. The summed E-state index contributed by atoms with van der Waals surface area (Å²) in [6.45, 7) is 0. The second-order valence-electron chi connectivity index (χ2n) is 19.7. The second-order valence-corrected chi connectivity index (χ2v) is 27.4. The predicted octanol–water partition coefficient (Wildman–Crippen LogP) is 15.8. The molecule has 0 N–H and O–H groups in total. The smallest absolute Gasteiger partial charge is 0.318 e. The van der Waals surface area contributed by atoms with Gasteiger partial charge in [0, 0.05) is 45.5 Å². The zero-order valence-electron chi connectivity index (χ0n) is 43.1. The van der Waals surface area contributed by atoms with E-state index in [4.69, 9.17) is 0 Å². The minimum absolute atomic E-state index is 1.11. The SMILES string of the molecule is c1ccc(N(c2ccccc2)c2ccc(-c3ccc(N4[Si](c5ccccc5)(c5ccccc5)N(c5ccc(-c6ccc(N(c7ccccc7)c7ccccc7)cc6)cc5)[Si]4(c4ccccc4)c4ccccc4)cc3)cc2)cc1. The summed E-state index contributed by atoms with van der Waals surface area (Å²) in [7, 11) is -6.36. The van der Waals surface area contributed by atoms with Crippen LogP contribution in [0.2, 0.25) is 0 Å². The van der Waals surface area contributed by atoms with Crippen molar-refractivity contribution in [1.29, 1.82) is 0 Å². The van der Waals surface area contributed by atoms with Gasteiger partial charge in [0.05, 0.1) is 0 Å². The van der Waals surface area contributed by atoms with Gasteiger partial charge in [-0.05, 0) is 140 Å². The van der Waals surface area contributed by atoms with Gasteiger partial charge in [-0.3, -0.25) is 0 Å². The highest BCUT2D eigenvalue weighted by Gasteiger charge is 2.75. The fourth-order valence-electron chi connectivity index (χ4n) is 11.8. The third kappa shape index (κ3) is 8.50. The Labute approximate surface area is 460 Å². The van der Waals surface area contributed by atoms with Gasteiger partial charge in [0.2, 0.25) is 0 Å². The van der Waals surface area contributed by atoms with Gasteiger partial charge < -0.3 is 18.3 Å². The largest absolute Gasteiger partial charge is 0.378 e. The molecule has 1 fully saturated rings. The van der Waals surface area contributed by atoms with E-state index in [9.17, 15) is 0 Å². The summed E-state index contributed by atoms with van der Waals surface area (Å²) in [6.07, 6.45) is 0. The monoisotopic (exact) mass is 1030 g/mol. The Hall–Kier alpha value is -9.73. The average molecular weight is 1030 g/mol. The Morgan fingerprint density at radius 3 is 0.577 bits per heavy atom. The van der Waals surface area contributed by atoms with Gasteiger partial charge in [0.1, 0.15) is 0 Å². The molecule has 6 heteroatoms. The normalized spacial score (nSPS) is 13.3. The van der Waals surface area contributed by atoms with Crippen molar-refractivity contribution in [2.45, 2.75) is 0 Å². The Morgan fingerprint density at radius 2 is 0.359 bits per heavy atom. The highest BCUT2D eigenvalue weighted by Crippen LogP contribution is 2.47. The van der Waals surface area contributed by atoms with Crippen LogP contribution in [0.25, 0.3) is 22.3 Å². The quantitative estimate of drug-likeness (QED) is 0.101. The van der Waals surface area contributed by atoms with Gasteiger partial charge >= 0.3 is 16.8 Å². The van der Waals surface area contributed by atoms with Crippen LogP contribution in [0.1, 0.15) is 0 Å². The van der Waals surface area contributed by atoms with Crippen molar-refractivity contribution < 1.29 is 0 Å². The highest BCUT2D eigenvalue weighted by atomic mass is 28.5. The van der Waals surface area contributed by atoms with Crippen LogP contribution in [0, 0.1) is 0 Å². The molecule has 0 aliphatic carbocycles. The number of hydrogen-bond acceptors (Lipinski definition) is 4. The molecule has 0 atom stereocenters. The first-order valence-corrected chi connectivity index (χ1v) is 30.5. The maximum absolute atomic E-state index is 3.18. The molecule has 0 radical (unpaired) electrons. The fourth-order valence-corrected chi connectivity index (χ4v) is 27.1. The molecule has 0 bridgehead atoms. The van der Waals surface area contributed by atoms with E-state index in [0.717, 1.165) is 34.1 Å². The molecular weight excluding hydrogens is 977 g/mol. The summed E-state index contributed by atoms with van der Waals surface area (Å²) in [5, 5.41) is 5.31. The molecule has 12 aromatic rings. The van der Waals surface area contributed by atoms with Crippen LogP contribution in [0.4, 0.5) is 45.5 Å². The number of benzene rings is 12. The van der Waals surface area contributed by atoms with E-state index in [-0.39, 0.29) is 0 Å². The summed E-state index contributed by atoms with van der Waals surface area (Å²) in [5.74, 6) is 0. The first kappa shape index (κ1) is 48.0. The molecule has 0 spiro atoms. The molecule has 1 aliphatic heterocycles. The van der Waals surface area contributed by atoms with Crippen LogP contribution in [-0.2, 0) is 0 Å². The lowest BCUT2D eigenvalue weighted by atomic mass is 10.0. The number of para-hydroxylation sites is 4. The molecule has 0 aromatic heterocycles. The molecule has 13 rings (SSSR count). The molecule has 0 unspecified atom stereocenters. The molecule has 0 saturated carbocycles. The van der Waals surface area contributed by atoms with E-state index < -0.39 is 16.8 Å². The second kappa shape index (κ2) is 21.1. The van der Waals surface area contributed by atoms with Crippen LogP contribution >= 0.6 is 0 Å². The van der Waals surface area contributed by atoms with E-state index in [1.165, 1.54) is 54.4 Å². The van der Waals surface area contributed by atoms with Crippen molar-refractivity contribution in [3.05, 3.63) is 340 Å². The van der Waals surface area contributed by atoms with Crippen molar-refractivity contribution in [2.75, 3.05) is 18.3 Å². The number of anilines is 8. The Balaban J connectivity index is 0.944. The molecule has 372 valence electrons. The van der Waals surface area contributed by atoms with Gasteiger partial charge in [0.15, 0.2) is 0 Å². The van der Waals surface area contributed by atoms with Crippen molar-refractivity contribution in [2.24, 2.45) is 0 Å². The minimum atomic E-state index is -3.18. The fraction of sp³-hybridized carbons (Fsp3) is 0. The van der Waals surface area contributed by atoms with Crippen LogP contribution in [0.5, 0.6) is 0 Å². The molecular formula is C72H56N4Si2. The lowest BCUT2D eigenvalue weighted by molar-refractivity contribution is 1.21. The number of hydrogen-bond donors (Lipinski definition) is 0. The number of nitrogens with zero attached hydrogens (tertiary/aromatic N) is 4. The molecule has 1 aliphatic rings. The summed E-state index contributed by atoms with van der Waals surface area (Å²) in [4.78, 5) is 4.63. The van der Waals surface area contributed by atoms with E-state index in [2.05, 4.69) is 358 Å². The maximum atomic E-state index is 2.96. The molecule has 1 saturated heterocycles. The van der Waals surface area contributed by atoms with Gasteiger partial charge in [-0.25, -0.2) is 0 Å². The lowest BCUT2D eigenvalue weighted by Gasteiger charge is -2.73. The van der Waals surface area contributed by atoms with Crippen molar-refractivity contribution >= 4 is 83.0 Å². The molecule has 1 heterocycles. The van der Waals surface area contributed by atoms with Crippen molar-refractivity contribution in [1.82, 2.24) is 0 Å². The molecule has 4 nitrogen and oxygen atoms in total. The Bertz CT molecular complexity index is 3430. The van der Waals surface area contributed by atoms with Crippen molar-refractivity contribution in [3.63, 3.8) is 0 Å². The molecule has 12 aromatic carbocycles. The summed E-state index contributed by atoms with van der Waals surface area (Å²) in [6, 6.07) is 125. The van der Waals surface area contributed by atoms with E-state index in [1.54, 1.807) is 0 Å². The van der Waals surface area contributed by atoms with Crippen LogP contribution < -0.4 is 39.0 Å². The zero-order valence-corrected chi connectivity index (χ0v) is 45.1. The van der Waals surface area contributed by atoms with Gasteiger partial charge in [-0.15, -0.1) is 0 Å². The predicted molar refractivity (Wildman–Crippen MR) is 334 cm³/mol. The van der Waals surface area contributed by atoms with Crippen LogP contribution in [0.15, 0.2) is 340 Å². The maximum Gasteiger partial charge on any atom is 0.318 e. The third-order valence-electron chi connectivity index (χ3n) is 15.2. The Kier molecular flexibility index (Phi) is 13.0. The van der Waals surface area contributed by atoms with E-state index in [0.29, 0.717) is 0 Å². The minimum Gasteiger partial charge on any atom is -0.378 e. The Morgan fingerprint density at radius 1 is 0.179 bits per heavy atom. The molecule has 78 heavy (non-hydrogen) atoms. The van der Waals surface area contributed by atoms with Crippen LogP contribution in [-0.4, -0.2) is 16.8 Å². The summed E-state index contributed by atoms with van der Waals surface area (Å²) < 4.78 is 5.91. The summed E-state index contributed by atoms with van der Waals surface area (Å²) in [5.41, 5.74) is 13.8. The van der Waals surface area contributed by atoms with Gasteiger partial charge in [-0.1, -0.05) is 243 Å². The lowest BCUT2D eigenvalue weighted by Crippen LogP contribution is -3.07. The standard InChI is InChI=1S/C72H56N4Si2/c1-9-25-61(26-10-1)73(62-27-11-2-12-28-62)65-49-41-57(42-50-65)59-45-53-67(54-46-59)75-77(69-33-17-5-18-34-69,70-35-19-6-20-36-70)76(78(75,71-37-21-7-22-38-71)72-39-23-8-24-40-72)68-55-47-60(48-56-68)58-43-51-66(52-44-58)74(63-29-13-3-14-30-63)64-31-15-4-16-32-64/h1-56H. The summed E-state index contributed by atoms with van der Waals surface area (Å²) >= 11 is 0. The highest BCUT2D eigenvalue weighted by molar-refractivity contribution is 7.38. The first-order chi connectivity index (χ1) is 38.7. The van der Waals surface area contributed by atoms with Crippen LogP contribution in [0.3, 0.4) is 0 Å².